The van der Waals surface area contributed by atoms with Crippen molar-refractivity contribution >= 4 is 17.4 Å². The summed E-state index contributed by atoms with van der Waals surface area (Å²) < 4.78 is 0. The average Bonchev–Trinajstić information content (AvgIpc) is 1.85. The number of carbonyl (C=O) groups is 1. The minimum absolute atomic E-state index is 0.0139. The molecule has 0 radical (unpaired) electrons. The Morgan fingerprint density at radius 1 is 1.73 bits per heavy atom. The van der Waals surface area contributed by atoms with Crippen molar-refractivity contribution in [1.29, 1.82) is 0 Å². The standard InChI is InChI=1S/C6H5ClN2O2/c1-3(10)4-2-8-6(7)9-5(4)11/h2H,1H3,(H,8,9,11). The highest BCUT2D eigenvalue weighted by molar-refractivity contribution is 6.28. The zero-order valence-corrected chi connectivity index (χ0v) is 6.47. The minimum Gasteiger partial charge on any atom is -0.297 e. The summed E-state index contributed by atoms with van der Waals surface area (Å²) in [6.45, 7) is 1.29. The largest absolute Gasteiger partial charge is 0.297 e. The van der Waals surface area contributed by atoms with Gasteiger partial charge in [-0.2, -0.15) is 0 Å². The summed E-state index contributed by atoms with van der Waals surface area (Å²) in [6.07, 6.45) is 1.16. The van der Waals surface area contributed by atoms with E-state index in [9.17, 15) is 9.59 Å². The van der Waals surface area contributed by atoms with E-state index in [0.29, 0.717) is 0 Å². The van der Waals surface area contributed by atoms with Crippen molar-refractivity contribution in [3.8, 4) is 0 Å². The van der Waals surface area contributed by atoms with Crippen LogP contribution in [0, 0.1) is 0 Å². The van der Waals surface area contributed by atoms with Crippen molar-refractivity contribution < 1.29 is 4.79 Å². The monoisotopic (exact) mass is 172 g/mol. The van der Waals surface area contributed by atoms with Crippen LogP contribution >= 0.6 is 11.6 Å². The zero-order valence-electron chi connectivity index (χ0n) is 5.72. The third kappa shape index (κ3) is 1.65. The summed E-state index contributed by atoms with van der Waals surface area (Å²) in [4.78, 5) is 27.3. The lowest BCUT2D eigenvalue weighted by atomic mass is 10.2. The van der Waals surface area contributed by atoms with Gasteiger partial charge < -0.3 is 0 Å². The van der Waals surface area contributed by atoms with E-state index in [4.69, 9.17) is 11.6 Å². The highest BCUT2D eigenvalue weighted by Gasteiger charge is 2.04. The fourth-order valence-corrected chi connectivity index (χ4v) is 0.759. The van der Waals surface area contributed by atoms with Crippen molar-refractivity contribution in [2.24, 2.45) is 0 Å². The van der Waals surface area contributed by atoms with Crippen LogP contribution in [-0.4, -0.2) is 15.8 Å². The summed E-state index contributed by atoms with van der Waals surface area (Å²) in [5.41, 5.74) is -0.480. The molecule has 1 N–H and O–H groups in total. The lowest BCUT2D eigenvalue weighted by Gasteiger charge is -1.91. The summed E-state index contributed by atoms with van der Waals surface area (Å²) in [6, 6.07) is 0. The predicted molar refractivity (Wildman–Crippen MR) is 39.9 cm³/mol. The molecule has 0 aliphatic heterocycles. The second kappa shape index (κ2) is 2.84. The number of hydrogen-bond donors (Lipinski definition) is 1. The first kappa shape index (κ1) is 7.94. The molecule has 0 unspecified atom stereocenters. The van der Waals surface area contributed by atoms with E-state index < -0.39 is 5.56 Å². The molecule has 4 nitrogen and oxygen atoms in total. The molecule has 11 heavy (non-hydrogen) atoms. The second-order valence-corrected chi connectivity index (χ2v) is 2.33. The first-order valence-corrected chi connectivity index (χ1v) is 3.25. The first-order chi connectivity index (χ1) is 5.11. The van der Waals surface area contributed by atoms with Gasteiger partial charge in [-0.05, 0) is 18.5 Å². The van der Waals surface area contributed by atoms with Crippen LogP contribution in [0.1, 0.15) is 17.3 Å². The molecule has 0 bridgehead atoms. The molecular formula is C6H5ClN2O2. The zero-order chi connectivity index (χ0) is 8.43. The Morgan fingerprint density at radius 2 is 2.36 bits per heavy atom. The van der Waals surface area contributed by atoms with Gasteiger partial charge in [0.05, 0.1) is 0 Å². The van der Waals surface area contributed by atoms with E-state index in [1.165, 1.54) is 6.92 Å². The number of H-pyrrole nitrogens is 1. The molecule has 0 aliphatic carbocycles. The molecule has 0 fully saturated rings. The van der Waals surface area contributed by atoms with Gasteiger partial charge in [-0.15, -0.1) is 0 Å². The number of nitrogens with zero attached hydrogens (tertiary/aromatic N) is 1. The van der Waals surface area contributed by atoms with Crippen LogP contribution < -0.4 is 5.56 Å². The number of aromatic amines is 1. The van der Waals surface area contributed by atoms with E-state index in [-0.39, 0.29) is 16.6 Å². The molecule has 1 rings (SSSR count). The molecule has 1 aromatic heterocycles. The van der Waals surface area contributed by atoms with Crippen LogP contribution in [0.4, 0.5) is 0 Å². The summed E-state index contributed by atoms with van der Waals surface area (Å²) >= 11 is 5.34. The Labute approximate surface area is 67.2 Å². The van der Waals surface area contributed by atoms with Crippen LogP contribution in [-0.2, 0) is 0 Å². The van der Waals surface area contributed by atoms with Crippen molar-refractivity contribution in [2.75, 3.05) is 0 Å². The molecule has 0 aromatic carbocycles. The number of carbonyl (C=O) groups excluding carboxylic acids is 1. The molecule has 0 saturated heterocycles. The topological polar surface area (TPSA) is 62.8 Å². The lowest BCUT2D eigenvalue weighted by molar-refractivity contribution is 0.101. The Morgan fingerprint density at radius 3 is 2.82 bits per heavy atom. The van der Waals surface area contributed by atoms with Crippen LogP contribution in [0.15, 0.2) is 11.0 Å². The van der Waals surface area contributed by atoms with Crippen LogP contribution in [0.25, 0.3) is 0 Å². The quantitative estimate of drug-likeness (QED) is 0.499. The number of Topliss-reactive ketones (excluding diaryl/α,β-unsaturated/α-hetero) is 1. The van der Waals surface area contributed by atoms with Crippen molar-refractivity contribution in [3.63, 3.8) is 0 Å². The first-order valence-electron chi connectivity index (χ1n) is 2.87. The van der Waals surface area contributed by atoms with Crippen molar-refractivity contribution in [3.05, 3.63) is 27.4 Å². The van der Waals surface area contributed by atoms with E-state index in [2.05, 4.69) is 9.97 Å². The minimum atomic E-state index is -0.502. The van der Waals surface area contributed by atoms with E-state index in [1.54, 1.807) is 0 Å². The maximum absolute atomic E-state index is 10.9. The molecule has 58 valence electrons. The van der Waals surface area contributed by atoms with Gasteiger partial charge in [0.1, 0.15) is 5.56 Å². The van der Waals surface area contributed by atoms with Crippen LogP contribution in [0.2, 0.25) is 5.28 Å². The maximum atomic E-state index is 10.9. The summed E-state index contributed by atoms with van der Waals surface area (Å²) in [5, 5.41) is -0.0139. The predicted octanol–water partition coefficient (Wildman–Crippen LogP) is 0.626. The third-order valence-corrected chi connectivity index (χ3v) is 1.34. The normalized spacial score (nSPS) is 9.64. The highest BCUT2D eigenvalue weighted by Crippen LogP contribution is 1.95. The van der Waals surface area contributed by atoms with Crippen molar-refractivity contribution in [2.45, 2.75) is 6.92 Å². The Bertz CT molecular complexity index is 345. The maximum Gasteiger partial charge on any atom is 0.262 e. The molecule has 0 amide bonds. The molecule has 0 atom stereocenters. The number of halogens is 1. The Kier molecular flexibility index (Phi) is 2.05. The van der Waals surface area contributed by atoms with Gasteiger partial charge in [0.15, 0.2) is 5.78 Å². The average molecular weight is 173 g/mol. The molecule has 0 saturated carbocycles. The van der Waals surface area contributed by atoms with Gasteiger partial charge in [0, 0.05) is 6.20 Å². The fraction of sp³-hybridized carbons (Fsp3) is 0.167. The lowest BCUT2D eigenvalue weighted by Crippen LogP contribution is -2.16. The number of hydrogen-bond acceptors (Lipinski definition) is 3. The number of ketones is 1. The smallest absolute Gasteiger partial charge is 0.262 e. The summed E-state index contributed by atoms with van der Waals surface area (Å²) in [7, 11) is 0. The van der Waals surface area contributed by atoms with Gasteiger partial charge in [-0.25, -0.2) is 4.98 Å². The molecular weight excluding hydrogens is 168 g/mol. The molecule has 0 spiro atoms. The van der Waals surface area contributed by atoms with E-state index in [1.807, 2.05) is 0 Å². The molecule has 5 heteroatoms. The number of aromatic nitrogens is 2. The summed E-state index contributed by atoms with van der Waals surface area (Å²) in [5.74, 6) is -0.324. The van der Waals surface area contributed by atoms with Gasteiger partial charge in [0.25, 0.3) is 5.56 Å². The van der Waals surface area contributed by atoms with Crippen molar-refractivity contribution in [1.82, 2.24) is 9.97 Å². The fourth-order valence-electron chi connectivity index (χ4n) is 0.624. The molecule has 1 aromatic rings. The Balaban J connectivity index is 3.32. The van der Waals surface area contributed by atoms with Crippen LogP contribution in [0.3, 0.4) is 0 Å². The second-order valence-electron chi connectivity index (χ2n) is 1.97. The van der Waals surface area contributed by atoms with Gasteiger partial charge in [-0.1, -0.05) is 0 Å². The molecule has 0 aliphatic rings. The van der Waals surface area contributed by atoms with Crippen LogP contribution in [0.5, 0.6) is 0 Å². The van der Waals surface area contributed by atoms with Gasteiger partial charge in [0.2, 0.25) is 5.28 Å². The van der Waals surface area contributed by atoms with Gasteiger partial charge >= 0.3 is 0 Å². The highest BCUT2D eigenvalue weighted by atomic mass is 35.5. The Hall–Kier alpha value is -1.16. The number of rotatable bonds is 1. The van der Waals surface area contributed by atoms with E-state index >= 15 is 0 Å². The SMILES string of the molecule is CC(=O)c1cnc(Cl)[nH]c1=O. The van der Waals surface area contributed by atoms with Gasteiger partial charge in [-0.3, -0.25) is 14.6 Å². The molecule has 1 heterocycles. The third-order valence-electron chi connectivity index (χ3n) is 1.15. The number of nitrogens with one attached hydrogen (secondary N) is 1. The van der Waals surface area contributed by atoms with E-state index in [0.717, 1.165) is 6.20 Å².